The summed E-state index contributed by atoms with van der Waals surface area (Å²) in [5.41, 5.74) is 0.990. The maximum Gasteiger partial charge on any atom is 0.287 e. The van der Waals surface area contributed by atoms with Crippen molar-refractivity contribution in [3.8, 4) is 0 Å². The van der Waals surface area contributed by atoms with Gasteiger partial charge in [-0.2, -0.15) is 0 Å². The van der Waals surface area contributed by atoms with E-state index in [1.165, 1.54) is 23.9 Å². The van der Waals surface area contributed by atoms with Gasteiger partial charge in [0.25, 0.3) is 5.91 Å². The molecule has 27 heavy (non-hydrogen) atoms. The summed E-state index contributed by atoms with van der Waals surface area (Å²) in [5.74, 6) is 1.48. The van der Waals surface area contributed by atoms with Gasteiger partial charge < -0.3 is 19.0 Å². The monoisotopic (exact) mass is 390 g/mol. The van der Waals surface area contributed by atoms with E-state index in [0.29, 0.717) is 29.1 Å². The van der Waals surface area contributed by atoms with Crippen LogP contribution in [0.15, 0.2) is 46.0 Å². The molecule has 142 valence electrons. The highest BCUT2D eigenvalue weighted by atomic mass is 32.2. The van der Waals surface area contributed by atoms with Gasteiger partial charge in [-0.3, -0.25) is 4.79 Å². The Morgan fingerprint density at radius 2 is 2.04 bits per heavy atom. The zero-order chi connectivity index (χ0) is 19.2. The normalized spacial score (nSPS) is 10.9. The van der Waals surface area contributed by atoms with Crippen molar-refractivity contribution in [2.75, 3.05) is 7.11 Å². The topological polar surface area (TPSA) is 82.2 Å². The molecule has 1 N–H and O–H groups in total. The molecule has 2 aromatic heterocycles. The van der Waals surface area contributed by atoms with E-state index in [1.807, 2.05) is 11.6 Å². The maximum atomic E-state index is 12.9. The van der Waals surface area contributed by atoms with Crippen LogP contribution >= 0.6 is 11.8 Å². The molecule has 0 aliphatic carbocycles. The molecule has 3 aromatic rings. The van der Waals surface area contributed by atoms with Gasteiger partial charge in [-0.25, -0.2) is 4.39 Å². The van der Waals surface area contributed by atoms with E-state index in [9.17, 15) is 9.18 Å². The van der Waals surface area contributed by atoms with Crippen LogP contribution in [0.3, 0.4) is 0 Å². The molecule has 0 bridgehead atoms. The van der Waals surface area contributed by atoms with Crippen LogP contribution in [0.2, 0.25) is 0 Å². The summed E-state index contributed by atoms with van der Waals surface area (Å²) < 4.78 is 25.1. The molecule has 0 spiro atoms. The van der Waals surface area contributed by atoms with Crippen LogP contribution in [-0.4, -0.2) is 27.8 Å². The van der Waals surface area contributed by atoms with Crippen molar-refractivity contribution in [1.29, 1.82) is 0 Å². The smallest absolute Gasteiger partial charge is 0.287 e. The van der Waals surface area contributed by atoms with Gasteiger partial charge in [0.15, 0.2) is 16.7 Å². The number of nitrogens with zero attached hydrogens (tertiary/aromatic N) is 3. The first-order chi connectivity index (χ1) is 13.1. The first-order valence-electron chi connectivity index (χ1n) is 8.18. The number of furan rings is 1. The number of hydrogen-bond donors (Lipinski definition) is 1. The van der Waals surface area contributed by atoms with Crippen LogP contribution in [-0.2, 0) is 30.7 Å². The predicted octanol–water partition coefficient (Wildman–Crippen LogP) is 2.92. The molecule has 9 heteroatoms. The molecule has 0 saturated carbocycles. The zero-order valence-electron chi connectivity index (χ0n) is 14.9. The molecule has 3 rings (SSSR count). The van der Waals surface area contributed by atoms with E-state index in [4.69, 9.17) is 9.15 Å². The number of carbonyl (C=O) groups is 1. The summed E-state index contributed by atoms with van der Waals surface area (Å²) in [4.78, 5) is 12.2. The number of carbonyl (C=O) groups excluding carboxylic acids is 1. The van der Waals surface area contributed by atoms with Gasteiger partial charge in [0.2, 0.25) is 0 Å². The van der Waals surface area contributed by atoms with E-state index >= 15 is 0 Å². The summed E-state index contributed by atoms with van der Waals surface area (Å²) >= 11 is 1.49. The average molecular weight is 390 g/mol. The number of methoxy groups -OCH3 is 1. The Labute approximate surface area is 159 Å². The number of amides is 1. The minimum absolute atomic E-state index is 0.218. The highest BCUT2D eigenvalue weighted by molar-refractivity contribution is 7.98. The van der Waals surface area contributed by atoms with Crippen LogP contribution in [0.1, 0.15) is 27.7 Å². The average Bonchev–Trinajstić information content (AvgIpc) is 3.27. The standard InChI is InChI=1S/C18H19FN4O3S/c1-23-16(9-20-17(24)15-8-7-14(26-15)10-25-2)21-22-18(23)27-11-12-3-5-13(19)6-4-12/h3-8H,9-11H2,1-2H3,(H,20,24). The van der Waals surface area contributed by atoms with Crippen molar-refractivity contribution in [3.05, 3.63) is 65.1 Å². The minimum atomic E-state index is -0.333. The second-order valence-corrected chi connectivity index (χ2v) is 6.70. The van der Waals surface area contributed by atoms with E-state index in [1.54, 1.807) is 31.4 Å². The Morgan fingerprint density at radius 3 is 2.78 bits per heavy atom. The summed E-state index contributed by atoms with van der Waals surface area (Å²) in [6.07, 6.45) is 0. The van der Waals surface area contributed by atoms with Crippen LogP contribution in [0, 0.1) is 5.82 Å². The quantitative estimate of drug-likeness (QED) is 0.596. The molecule has 1 aromatic carbocycles. The number of ether oxygens (including phenoxy) is 1. The third kappa shape index (κ3) is 4.95. The van der Waals surface area contributed by atoms with E-state index in [2.05, 4.69) is 15.5 Å². The zero-order valence-corrected chi connectivity index (χ0v) is 15.8. The van der Waals surface area contributed by atoms with Crippen molar-refractivity contribution < 1.29 is 18.3 Å². The minimum Gasteiger partial charge on any atom is -0.453 e. The van der Waals surface area contributed by atoms with Gasteiger partial charge in [-0.05, 0) is 29.8 Å². The summed E-state index contributed by atoms with van der Waals surface area (Å²) in [6, 6.07) is 9.64. The van der Waals surface area contributed by atoms with Gasteiger partial charge in [0.1, 0.15) is 18.2 Å². The Balaban J connectivity index is 1.54. The maximum absolute atomic E-state index is 12.9. The fraction of sp³-hybridized carbons (Fsp3) is 0.278. The Morgan fingerprint density at radius 1 is 1.26 bits per heavy atom. The van der Waals surface area contributed by atoms with Crippen LogP contribution in [0.5, 0.6) is 0 Å². The highest BCUT2D eigenvalue weighted by Gasteiger charge is 2.14. The molecular weight excluding hydrogens is 371 g/mol. The van der Waals surface area contributed by atoms with Gasteiger partial charge >= 0.3 is 0 Å². The van der Waals surface area contributed by atoms with Gasteiger partial charge in [0.05, 0.1) is 6.54 Å². The molecule has 0 radical (unpaired) electrons. The lowest BCUT2D eigenvalue weighted by Gasteiger charge is -2.05. The number of thioether (sulfide) groups is 1. The molecule has 0 atom stereocenters. The third-order valence-electron chi connectivity index (χ3n) is 3.79. The number of rotatable bonds is 8. The summed E-state index contributed by atoms with van der Waals surface area (Å²) in [6.45, 7) is 0.533. The van der Waals surface area contributed by atoms with E-state index in [0.717, 1.165) is 5.56 Å². The van der Waals surface area contributed by atoms with E-state index in [-0.39, 0.29) is 24.0 Å². The Kier molecular flexibility index (Phi) is 6.25. The molecule has 1 amide bonds. The van der Waals surface area contributed by atoms with Gasteiger partial charge in [-0.1, -0.05) is 23.9 Å². The number of benzene rings is 1. The number of aromatic nitrogens is 3. The molecule has 0 unspecified atom stereocenters. The third-order valence-corrected chi connectivity index (χ3v) is 4.88. The number of hydrogen-bond acceptors (Lipinski definition) is 6. The van der Waals surface area contributed by atoms with Crippen molar-refractivity contribution in [1.82, 2.24) is 20.1 Å². The van der Waals surface area contributed by atoms with Crippen molar-refractivity contribution >= 4 is 17.7 Å². The second kappa shape index (κ2) is 8.83. The number of nitrogens with one attached hydrogen (secondary N) is 1. The Hall–Kier alpha value is -2.65. The predicted molar refractivity (Wildman–Crippen MR) is 97.6 cm³/mol. The van der Waals surface area contributed by atoms with Gasteiger partial charge in [-0.15, -0.1) is 10.2 Å². The first kappa shape index (κ1) is 19.1. The lowest BCUT2D eigenvalue weighted by molar-refractivity contribution is 0.0913. The molecule has 0 fully saturated rings. The highest BCUT2D eigenvalue weighted by Crippen LogP contribution is 2.21. The van der Waals surface area contributed by atoms with Gasteiger partial charge in [0, 0.05) is 19.9 Å². The molecule has 0 saturated heterocycles. The van der Waals surface area contributed by atoms with Crippen LogP contribution in [0.4, 0.5) is 4.39 Å². The largest absolute Gasteiger partial charge is 0.453 e. The molecule has 0 aliphatic heterocycles. The van der Waals surface area contributed by atoms with Crippen LogP contribution in [0.25, 0.3) is 0 Å². The van der Waals surface area contributed by atoms with Crippen molar-refractivity contribution in [3.63, 3.8) is 0 Å². The number of halogens is 1. The van der Waals surface area contributed by atoms with Crippen molar-refractivity contribution in [2.45, 2.75) is 24.1 Å². The fourth-order valence-corrected chi connectivity index (χ4v) is 3.21. The Bertz CT molecular complexity index is 908. The summed E-state index contributed by atoms with van der Waals surface area (Å²) in [5, 5.41) is 11.7. The lowest BCUT2D eigenvalue weighted by atomic mass is 10.2. The first-order valence-corrected chi connectivity index (χ1v) is 9.16. The van der Waals surface area contributed by atoms with Crippen molar-refractivity contribution in [2.24, 2.45) is 7.05 Å². The fourth-order valence-electron chi connectivity index (χ4n) is 2.32. The molecule has 2 heterocycles. The SMILES string of the molecule is COCc1ccc(C(=O)NCc2nnc(SCc3ccc(F)cc3)n2C)o1. The van der Waals surface area contributed by atoms with Crippen LogP contribution < -0.4 is 5.32 Å². The lowest BCUT2D eigenvalue weighted by Crippen LogP contribution is -2.24. The molecule has 0 aliphatic rings. The van der Waals surface area contributed by atoms with E-state index < -0.39 is 0 Å². The molecular formula is C18H19FN4O3S. The summed E-state index contributed by atoms with van der Waals surface area (Å²) in [7, 11) is 3.39. The molecule has 7 nitrogen and oxygen atoms in total. The second-order valence-electron chi connectivity index (χ2n) is 5.75.